The molecule has 35 heavy (non-hydrogen) atoms. The standard InChI is InChI=1S/C27H27N3O4S/c1-29(25(31)13-12-19-15-22(32-2)27(34-4)23(16-19)33-3)17-20-18-30(21-9-6-5-7-10-21)28-26(20)24-11-8-14-35-24/h5-16,18H,17H2,1-4H3/b13-12+. The van der Waals surface area contributed by atoms with Crippen LogP contribution in [-0.2, 0) is 11.3 Å². The first kappa shape index (κ1) is 24.1. The molecule has 0 spiro atoms. The van der Waals surface area contributed by atoms with E-state index in [1.54, 1.807) is 62.8 Å². The zero-order valence-electron chi connectivity index (χ0n) is 20.1. The van der Waals surface area contributed by atoms with Gasteiger partial charge in [0.05, 0.1) is 31.9 Å². The van der Waals surface area contributed by atoms with Gasteiger partial charge in [-0.15, -0.1) is 11.3 Å². The van der Waals surface area contributed by atoms with Crippen LogP contribution in [0.2, 0.25) is 0 Å². The third kappa shape index (κ3) is 5.38. The molecule has 0 atom stereocenters. The monoisotopic (exact) mass is 489 g/mol. The van der Waals surface area contributed by atoms with Crippen LogP contribution in [0.1, 0.15) is 11.1 Å². The van der Waals surface area contributed by atoms with Crippen molar-refractivity contribution in [1.29, 1.82) is 0 Å². The Morgan fingerprint density at radius 2 is 1.74 bits per heavy atom. The second-order valence-corrected chi connectivity index (χ2v) is 8.69. The van der Waals surface area contributed by atoms with E-state index in [-0.39, 0.29) is 5.91 Å². The van der Waals surface area contributed by atoms with Crippen molar-refractivity contribution in [3.8, 4) is 33.5 Å². The molecule has 0 aliphatic rings. The van der Waals surface area contributed by atoms with E-state index < -0.39 is 0 Å². The SMILES string of the molecule is COc1cc(/C=C/C(=O)N(C)Cc2cn(-c3ccccc3)nc2-c2cccs2)cc(OC)c1OC. The third-order valence-corrected chi connectivity index (χ3v) is 6.33. The number of thiophene rings is 1. The topological polar surface area (TPSA) is 65.8 Å². The smallest absolute Gasteiger partial charge is 0.246 e. The molecule has 4 rings (SSSR count). The first-order valence-electron chi connectivity index (χ1n) is 10.9. The number of benzene rings is 2. The highest BCUT2D eigenvalue weighted by Gasteiger charge is 2.17. The lowest BCUT2D eigenvalue weighted by Gasteiger charge is -2.15. The Hall–Kier alpha value is -4.04. The van der Waals surface area contributed by atoms with Gasteiger partial charge in [-0.3, -0.25) is 4.79 Å². The molecular formula is C27H27N3O4S. The van der Waals surface area contributed by atoms with Crippen LogP contribution >= 0.6 is 11.3 Å². The minimum absolute atomic E-state index is 0.136. The van der Waals surface area contributed by atoms with Crippen molar-refractivity contribution in [3.63, 3.8) is 0 Å². The second kappa shape index (κ2) is 10.9. The summed E-state index contributed by atoms with van der Waals surface area (Å²) in [6.07, 6.45) is 5.25. The summed E-state index contributed by atoms with van der Waals surface area (Å²) in [5.41, 5.74) is 3.57. The summed E-state index contributed by atoms with van der Waals surface area (Å²) in [5.74, 6) is 1.43. The van der Waals surface area contributed by atoms with Crippen LogP contribution in [-0.4, -0.2) is 49.0 Å². The molecule has 7 nitrogen and oxygen atoms in total. The summed E-state index contributed by atoms with van der Waals surface area (Å²) in [6.45, 7) is 0.415. The molecule has 0 aliphatic heterocycles. The van der Waals surface area contributed by atoms with Crippen LogP contribution in [0, 0.1) is 0 Å². The van der Waals surface area contributed by atoms with Crippen molar-refractivity contribution in [1.82, 2.24) is 14.7 Å². The first-order chi connectivity index (χ1) is 17.0. The average Bonchev–Trinajstić information content (AvgIpc) is 3.57. The van der Waals surface area contributed by atoms with Crippen LogP contribution < -0.4 is 14.2 Å². The Morgan fingerprint density at radius 1 is 1.03 bits per heavy atom. The van der Waals surface area contributed by atoms with Crippen molar-refractivity contribution in [3.05, 3.63) is 83.4 Å². The number of para-hydroxylation sites is 1. The maximum absolute atomic E-state index is 13.0. The molecule has 0 saturated heterocycles. The van der Waals surface area contributed by atoms with E-state index in [4.69, 9.17) is 19.3 Å². The molecular weight excluding hydrogens is 462 g/mol. The molecule has 0 aliphatic carbocycles. The molecule has 4 aromatic rings. The average molecular weight is 490 g/mol. The second-order valence-electron chi connectivity index (χ2n) is 7.75. The molecule has 1 amide bonds. The number of hydrogen-bond donors (Lipinski definition) is 0. The number of nitrogens with zero attached hydrogens (tertiary/aromatic N) is 3. The highest BCUT2D eigenvalue weighted by Crippen LogP contribution is 2.38. The number of rotatable bonds is 9. The first-order valence-corrected chi connectivity index (χ1v) is 11.8. The number of aromatic nitrogens is 2. The van der Waals surface area contributed by atoms with E-state index in [9.17, 15) is 4.79 Å². The van der Waals surface area contributed by atoms with Gasteiger partial charge >= 0.3 is 0 Å². The zero-order valence-corrected chi connectivity index (χ0v) is 20.9. The number of ether oxygens (including phenoxy) is 3. The molecule has 8 heteroatoms. The number of methoxy groups -OCH3 is 3. The van der Waals surface area contributed by atoms with Crippen LogP contribution in [0.15, 0.2) is 72.3 Å². The molecule has 0 unspecified atom stereocenters. The molecule has 0 saturated carbocycles. The summed E-state index contributed by atoms with van der Waals surface area (Å²) in [4.78, 5) is 15.7. The van der Waals surface area contributed by atoms with Gasteiger partial charge < -0.3 is 19.1 Å². The van der Waals surface area contributed by atoms with Gasteiger partial charge in [-0.1, -0.05) is 24.3 Å². The molecule has 0 bridgehead atoms. The van der Waals surface area contributed by atoms with Gasteiger partial charge in [-0.2, -0.15) is 5.10 Å². The van der Waals surface area contributed by atoms with Crippen molar-refractivity contribution in [2.75, 3.05) is 28.4 Å². The highest BCUT2D eigenvalue weighted by atomic mass is 32.1. The minimum atomic E-state index is -0.136. The van der Waals surface area contributed by atoms with Crippen LogP contribution in [0.4, 0.5) is 0 Å². The summed E-state index contributed by atoms with van der Waals surface area (Å²) in [7, 11) is 6.45. The Balaban J connectivity index is 1.56. The lowest BCUT2D eigenvalue weighted by atomic mass is 10.1. The van der Waals surface area contributed by atoms with Crippen LogP contribution in [0.5, 0.6) is 17.2 Å². The normalized spacial score (nSPS) is 11.0. The number of hydrogen-bond acceptors (Lipinski definition) is 6. The summed E-state index contributed by atoms with van der Waals surface area (Å²) in [5, 5.41) is 6.84. The van der Waals surface area contributed by atoms with Gasteiger partial charge in [0.15, 0.2) is 11.5 Å². The van der Waals surface area contributed by atoms with Crippen molar-refractivity contribution >= 4 is 23.3 Å². The predicted molar refractivity (Wildman–Crippen MR) is 138 cm³/mol. The number of carbonyl (C=O) groups is 1. The van der Waals surface area contributed by atoms with Gasteiger partial charge in [0.1, 0.15) is 5.69 Å². The van der Waals surface area contributed by atoms with E-state index in [0.717, 1.165) is 27.4 Å². The quantitative estimate of drug-likeness (QED) is 0.299. The molecule has 2 aromatic heterocycles. The Labute approximate surface area is 208 Å². The Bertz CT molecular complexity index is 1290. The van der Waals surface area contributed by atoms with E-state index in [1.807, 2.05) is 58.7 Å². The molecule has 0 radical (unpaired) electrons. The van der Waals surface area contributed by atoms with Crippen LogP contribution in [0.3, 0.4) is 0 Å². The van der Waals surface area contributed by atoms with E-state index in [0.29, 0.717) is 23.8 Å². The molecule has 180 valence electrons. The third-order valence-electron chi connectivity index (χ3n) is 5.45. The largest absolute Gasteiger partial charge is 0.493 e. The maximum atomic E-state index is 13.0. The number of carbonyl (C=O) groups excluding carboxylic acids is 1. The lowest BCUT2D eigenvalue weighted by Crippen LogP contribution is -2.24. The van der Waals surface area contributed by atoms with Gasteiger partial charge in [-0.25, -0.2) is 4.68 Å². The Morgan fingerprint density at radius 3 is 2.34 bits per heavy atom. The van der Waals surface area contributed by atoms with Crippen LogP contribution in [0.25, 0.3) is 22.3 Å². The van der Waals surface area contributed by atoms with E-state index in [1.165, 1.54) is 6.08 Å². The molecule has 0 N–H and O–H groups in total. The number of likely N-dealkylation sites (N-methyl/N-ethyl adjacent to an activating group) is 1. The summed E-state index contributed by atoms with van der Waals surface area (Å²) in [6, 6.07) is 17.6. The molecule has 2 aromatic carbocycles. The van der Waals surface area contributed by atoms with Gasteiger partial charge in [0, 0.05) is 31.4 Å². The zero-order chi connectivity index (χ0) is 24.8. The van der Waals surface area contributed by atoms with Crippen molar-refractivity contribution in [2.24, 2.45) is 0 Å². The fourth-order valence-corrected chi connectivity index (χ4v) is 4.43. The van der Waals surface area contributed by atoms with E-state index in [2.05, 4.69) is 0 Å². The Kier molecular flexibility index (Phi) is 7.52. The minimum Gasteiger partial charge on any atom is -0.493 e. The van der Waals surface area contributed by atoms with Gasteiger partial charge in [-0.05, 0) is 47.4 Å². The molecule has 0 fully saturated rings. The lowest BCUT2D eigenvalue weighted by molar-refractivity contribution is -0.125. The van der Waals surface area contributed by atoms with Gasteiger partial charge in [0.2, 0.25) is 11.7 Å². The molecule has 2 heterocycles. The summed E-state index contributed by atoms with van der Waals surface area (Å²) >= 11 is 1.62. The predicted octanol–water partition coefficient (Wildman–Crippen LogP) is 5.30. The van der Waals surface area contributed by atoms with E-state index >= 15 is 0 Å². The fourth-order valence-electron chi connectivity index (χ4n) is 3.68. The van der Waals surface area contributed by atoms with Crippen molar-refractivity contribution in [2.45, 2.75) is 6.54 Å². The highest BCUT2D eigenvalue weighted by molar-refractivity contribution is 7.13. The number of amides is 1. The fraction of sp³-hybridized carbons (Fsp3) is 0.185. The summed E-state index contributed by atoms with van der Waals surface area (Å²) < 4.78 is 18.0. The maximum Gasteiger partial charge on any atom is 0.246 e. The van der Waals surface area contributed by atoms with Gasteiger partial charge in [0.25, 0.3) is 0 Å². The van der Waals surface area contributed by atoms with Crippen molar-refractivity contribution < 1.29 is 19.0 Å².